The van der Waals surface area contributed by atoms with Crippen molar-refractivity contribution in [1.29, 1.82) is 0 Å². The van der Waals surface area contributed by atoms with Gasteiger partial charge in [-0.05, 0) is 20.3 Å². The number of nitrogens with zero attached hydrogens (tertiary/aromatic N) is 4. The quantitative estimate of drug-likeness (QED) is 0.685. The summed E-state index contributed by atoms with van der Waals surface area (Å²) in [6.45, 7) is 6.07. The van der Waals surface area contributed by atoms with Crippen molar-refractivity contribution in [3.63, 3.8) is 0 Å². The predicted octanol–water partition coefficient (Wildman–Crippen LogP) is 1.54. The molecule has 2 aromatic heterocycles. The van der Waals surface area contributed by atoms with Crippen molar-refractivity contribution in [1.82, 2.24) is 20.0 Å². The molecular formula is C10H14N4. The van der Waals surface area contributed by atoms with Crippen molar-refractivity contribution < 1.29 is 0 Å². The SMILES string of the molecule is CCc1nnc(C)c2c(C)nn(C)c12. The van der Waals surface area contributed by atoms with Gasteiger partial charge in [0.15, 0.2) is 0 Å². The molecule has 0 aliphatic heterocycles. The molecule has 0 fully saturated rings. The van der Waals surface area contributed by atoms with Crippen molar-refractivity contribution in [2.75, 3.05) is 0 Å². The van der Waals surface area contributed by atoms with E-state index in [1.165, 1.54) is 0 Å². The fourth-order valence-electron chi connectivity index (χ4n) is 1.89. The van der Waals surface area contributed by atoms with Crippen LogP contribution in [0.1, 0.15) is 24.0 Å². The number of aryl methyl sites for hydroxylation is 4. The van der Waals surface area contributed by atoms with Gasteiger partial charge >= 0.3 is 0 Å². The van der Waals surface area contributed by atoms with Crippen LogP contribution >= 0.6 is 0 Å². The van der Waals surface area contributed by atoms with Gasteiger partial charge in [-0.25, -0.2) is 0 Å². The minimum Gasteiger partial charge on any atom is -0.266 e. The van der Waals surface area contributed by atoms with Crippen LogP contribution in [0.2, 0.25) is 0 Å². The Morgan fingerprint density at radius 1 is 1.14 bits per heavy atom. The van der Waals surface area contributed by atoms with E-state index >= 15 is 0 Å². The van der Waals surface area contributed by atoms with E-state index < -0.39 is 0 Å². The topological polar surface area (TPSA) is 43.6 Å². The van der Waals surface area contributed by atoms with E-state index in [1.54, 1.807) is 0 Å². The summed E-state index contributed by atoms with van der Waals surface area (Å²) >= 11 is 0. The van der Waals surface area contributed by atoms with Crippen molar-refractivity contribution in [2.45, 2.75) is 27.2 Å². The van der Waals surface area contributed by atoms with E-state index in [1.807, 2.05) is 25.6 Å². The summed E-state index contributed by atoms with van der Waals surface area (Å²) in [5.41, 5.74) is 4.14. The third-order valence-electron chi connectivity index (χ3n) is 2.51. The van der Waals surface area contributed by atoms with Gasteiger partial charge in [-0.2, -0.15) is 15.3 Å². The zero-order chi connectivity index (χ0) is 10.3. The molecule has 14 heavy (non-hydrogen) atoms. The molecule has 0 saturated carbocycles. The maximum Gasteiger partial charge on any atom is 0.0934 e. The number of hydrogen-bond donors (Lipinski definition) is 0. The van der Waals surface area contributed by atoms with Gasteiger partial charge in [0.25, 0.3) is 0 Å². The fourth-order valence-corrected chi connectivity index (χ4v) is 1.89. The van der Waals surface area contributed by atoms with Crippen LogP contribution in [-0.4, -0.2) is 20.0 Å². The highest BCUT2D eigenvalue weighted by atomic mass is 15.3. The lowest BCUT2D eigenvalue weighted by Gasteiger charge is -2.01. The van der Waals surface area contributed by atoms with Gasteiger partial charge < -0.3 is 0 Å². The summed E-state index contributed by atoms with van der Waals surface area (Å²) in [6, 6.07) is 0. The summed E-state index contributed by atoms with van der Waals surface area (Å²) < 4.78 is 1.89. The molecule has 0 unspecified atom stereocenters. The molecule has 2 aromatic rings. The van der Waals surface area contributed by atoms with Crippen molar-refractivity contribution in [3.05, 3.63) is 17.1 Å². The minimum atomic E-state index is 0.892. The Labute approximate surface area is 83.0 Å². The van der Waals surface area contributed by atoms with Gasteiger partial charge in [-0.15, -0.1) is 0 Å². The molecule has 4 nitrogen and oxygen atoms in total. The number of fused-ring (bicyclic) bond motifs is 1. The molecule has 0 aliphatic carbocycles. The van der Waals surface area contributed by atoms with Gasteiger partial charge in [-0.3, -0.25) is 4.68 Å². The molecule has 0 radical (unpaired) electrons. The second kappa shape index (κ2) is 3.04. The molecule has 0 aliphatic rings. The zero-order valence-electron chi connectivity index (χ0n) is 9.00. The molecule has 74 valence electrons. The molecule has 0 spiro atoms. The maximum atomic E-state index is 4.40. The first kappa shape index (κ1) is 9.12. The monoisotopic (exact) mass is 190 g/mol. The minimum absolute atomic E-state index is 0.892. The third-order valence-corrected chi connectivity index (χ3v) is 2.51. The Hall–Kier alpha value is -1.45. The lowest BCUT2D eigenvalue weighted by molar-refractivity contribution is 0.772. The predicted molar refractivity (Wildman–Crippen MR) is 55.2 cm³/mol. The summed E-state index contributed by atoms with van der Waals surface area (Å²) in [5.74, 6) is 0. The molecule has 4 heteroatoms. The molecule has 0 amide bonds. The largest absolute Gasteiger partial charge is 0.266 e. The maximum absolute atomic E-state index is 4.40. The summed E-state index contributed by atoms with van der Waals surface area (Å²) in [4.78, 5) is 0. The summed E-state index contributed by atoms with van der Waals surface area (Å²) in [7, 11) is 1.95. The van der Waals surface area contributed by atoms with Gasteiger partial charge in [-0.1, -0.05) is 6.92 Å². The molecule has 0 N–H and O–H groups in total. The van der Waals surface area contributed by atoms with Crippen molar-refractivity contribution >= 4 is 10.9 Å². The zero-order valence-corrected chi connectivity index (χ0v) is 9.00. The van der Waals surface area contributed by atoms with Crippen LogP contribution < -0.4 is 0 Å². The van der Waals surface area contributed by atoms with Gasteiger partial charge in [0, 0.05) is 12.4 Å². The smallest absolute Gasteiger partial charge is 0.0934 e. The van der Waals surface area contributed by atoms with Crippen molar-refractivity contribution in [3.8, 4) is 0 Å². The van der Waals surface area contributed by atoms with Crippen LogP contribution in [0, 0.1) is 13.8 Å². The van der Waals surface area contributed by atoms with Crippen LogP contribution in [0.25, 0.3) is 10.9 Å². The Morgan fingerprint density at radius 2 is 1.86 bits per heavy atom. The highest BCUT2D eigenvalue weighted by Crippen LogP contribution is 2.21. The average Bonchev–Trinajstić information content (AvgIpc) is 2.44. The molecule has 0 atom stereocenters. The van der Waals surface area contributed by atoms with E-state index in [2.05, 4.69) is 22.2 Å². The first-order valence-corrected chi connectivity index (χ1v) is 4.80. The number of rotatable bonds is 1. The van der Waals surface area contributed by atoms with E-state index in [0.717, 1.165) is 34.4 Å². The summed E-state index contributed by atoms with van der Waals surface area (Å²) in [6.07, 6.45) is 0.892. The highest BCUT2D eigenvalue weighted by Gasteiger charge is 2.12. The van der Waals surface area contributed by atoms with E-state index in [-0.39, 0.29) is 0 Å². The molecule has 0 saturated heterocycles. The fraction of sp³-hybridized carbons (Fsp3) is 0.500. The second-order valence-electron chi connectivity index (χ2n) is 3.52. The van der Waals surface area contributed by atoms with Crippen molar-refractivity contribution in [2.24, 2.45) is 7.05 Å². The van der Waals surface area contributed by atoms with Gasteiger partial charge in [0.1, 0.15) is 0 Å². The molecule has 0 aromatic carbocycles. The Morgan fingerprint density at radius 3 is 2.50 bits per heavy atom. The van der Waals surface area contributed by atoms with Crippen LogP contribution in [0.15, 0.2) is 0 Å². The van der Waals surface area contributed by atoms with Gasteiger partial charge in [0.2, 0.25) is 0 Å². The standard InChI is InChI=1S/C10H14N4/c1-5-8-10-9(6(2)11-12-8)7(3)13-14(10)4/h5H2,1-4H3. The van der Waals surface area contributed by atoms with Crippen LogP contribution in [0.3, 0.4) is 0 Å². The summed E-state index contributed by atoms with van der Waals surface area (Å²) in [5, 5.41) is 13.9. The Kier molecular flexibility index (Phi) is 1.98. The van der Waals surface area contributed by atoms with Crippen LogP contribution in [-0.2, 0) is 13.5 Å². The Bertz CT molecular complexity index is 484. The van der Waals surface area contributed by atoms with Crippen LogP contribution in [0.5, 0.6) is 0 Å². The molecule has 2 heterocycles. The van der Waals surface area contributed by atoms with E-state index in [0.29, 0.717) is 0 Å². The number of hydrogen-bond acceptors (Lipinski definition) is 3. The van der Waals surface area contributed by atoms with Gasteiger partial charge in [0.05, 0.1) is 22.6 Å². The molecular weight excluding hydrogens is 176 g/mol. The van der Waals surface area contributed by atoms with Crippen LogP contribution in [0.4, 0.5) is 0 Å². The first-order chi connectivity index (χ1) is 6.65. The first-order valence-electron chi connectivity index (χ1n) is 4.80. The highest BCUT2D eigenvalue weighted by molar-refractivity contribution is 5.85. The normalized spacial score (nSPS) is 11.1. The third kappa shape index (κ3) is 1.10. The van der Waals surface area contributed by atoms with E-state index in [4.69, 9.17) is 0 Å². The average molecular weight is 190 g/mol. The lowest BCUT2D eigenvalue weighted by Crippen LogP contribution is -1.99. The second-order valence-corrected chi connectivity index (χ2v) is 3.52. The molecule has 2 rings (SSSR count). The Balaban J connectivity index is 2.94. The van der Waals surface area contributed by atoms with E-state index in [9.17, 15) is 0 Å². The number of aromatic nitrogens is 4. The lowest BCUT2D eigenvalue weighted by atomic mass is 10.1. The molecule has 0 bridgehead atoms.